The van der Waals surface area contributed by atoms with Crippen molar-refractivity contribution in [1.82, 2.24) is 19.2 Å². The van der Waals surface area contributed by atoms with Gasteiger partial charge in [-0.15, -0.1) is 0 Å². The van der Waals surface area contributed by atoms with Crippen LogP contribution in [0.25, 0.3) is 5.82 Å². The van der Waals surface area contributed by atoms with Crippen LogP contribution in [0.1, 0.15) is 42.4 Å². The van der Waals surface area contributed by atoms with E-state index in [0.717, 1.165) is 17.1 Å². The number of halogens is 1. The number of benzene rings is 1. The van der Waals surface area contributed by atoms with Gasteiger partial charge in [-0.2, -0.15) is 5.10 Å². The molecule has 4 rings (SSSR count). The van der Waals surface area contributed by atoms with E-state index in [1.807, 2.05) is 36.7 Å². The molecule has 0 bridgehead atoms. The topological polar surface area (TPSA) is 43.1 Å². The Bertz CT molecular complexity index is 966. The van der Waals surface area contributed by atoms with Crippen LogP contribution < -0.4 is 0 Å². The predicted molar refractivity (Wildman–Crippen MR) is 102 cm³/mol. The van der Waals surface area contributed by atoms with Crippen molar-refractivity contribution in [3.05, 3.63) is 70.6 Å². The largest absolute Gasteiger partial charge is 0.328 e. The first-order valence-corrected chi connectivity index (χ1v) is 9.02. The van der Waals surface area contributed by atoms with Crippen molar-refractivity contribution in [3.63, 3.8) is 0 Å². The molecule has 0 saturated heterocycles. The summed E-state index contributed by atoms with van der Waals surface area (Å²) < 4.78 is 4.12. The van der Waals surface area contributed by atoms with Crippen LogP contribution in [-0.2, 0) is 18.6 Å². The van der Waals surface area contributed by atoms with Gasteiger partial charge in [-0.3, -0.25) is 4.79 Å². The molecule has 5 nitrogen and oxygen atoms in total. The maximum atomic E-state index is 12.9. The Hall–Kier alpha value is -2.53. The summed E-state index contributed by atoms with van der Waals surface area (Å²) in [6.45, 7) is 7.43. The Morgan fingerprint density at radius 2 is 1.77 bits per heavy atom. The van der Waals surface area contributed by atoms with E-state index in [9.17, 15) is 4.79 Å². The molecular weight excluding hydrogens is 348 g/mol. The quantitative estimate of drug-likeness (QED) is 0.679. The summed E-state index contributed by atoms with van der Waals surface area (Å²) in [5, 5.41) is 5.31. The maximum Gasteiger partial charge on any atom is 0.256 e. The molecule has 0 atom stereocenters. The van der Waals surface area contributed by atoms with Crippen LogP contribution in [0.5, 0.6) is 0 Å². The molecule has 1 aliphatic rings. The molecule has 0 fully saturated rings. The number of rotatable bonds is 2. The fraction of sp³-hybridized carbons (Fsp3) is 0.300. The molecule has 6 heteroatoms. The minimum Gasteiger partial charge on any atom is -0.328 e. The van der Waals surface area contributed by atoms with Crippen LogP contribution >= 0.6 is 11.6 Å². The molecule has 0 saturated carbocycles. The Labute approximate surface area is 157 Å². The van der Waals surface area contributed by atoms with E-state index in [4.69, 9.17) is 16.7 Å². The smallest absolute Gasteiger partial charge is 0.256 e. The Kier molecular flexibility index (Phi) is 3.92. The molecular formula is C20H21ClN4O. The number of carbonyl (C=O) groups excluding carboxylic acids is 1. The molecule has 1 aliphatic heterocycles. The summed E-state index contributed by atoms with van der Waals surface area (Å²) in [5.74, 6) is 0.960. The summed E-state index contributed by atoms with van der Waals surface area (Å²) in [7, 11) is 0. The predicted octanol–water partition coefficient (Wildman–Crippen LogP) is 4.24. The number of nitrogens with zero attached hydrogens (tertiary/aromatic N) is 4. The van der Waals surface area contributed by atoms with Crippen LogP contribution in [0.4, 0.5) is 0 Å². The monoisotopic (exact) mass is 368 g/mol. The lowest BCUT2D eigenvalue weighted by Crippen LogP contribution is -2.29. The summed E-state index contributed by atoms with van der Waals surface area (Å²) >= 11 is 6.21. The van der Waals surface area contributed by atoms with E-state index in [1.54, 1.807) is 17.0 Å². The number of amides is 1. The third-order valence-electron chi connectivity index (χ3n) is 4.61. The third-order valence-corrected chi connectivity index (χ3v) is 4.93. The van der Waals surface area contributed by atoms with Gasteiger partial charge in [0.25, 0.3) is 5.91 Å². The van der Waals surface area contributed by atoms with Gasteiger partial charge in [-0.1, -0.05) is 23.7 Å². The van der Waals surface area contributed by atoms with E-state index >= 15 is 0 Å². The van der Waals surface area contributed by atoms with E-state index in [1.165, 1.54) is 0 Å². The summed E-state index contributed by atoms with van der Waals surface area (Å²) in [6.07, 6.45) is 4.02. The Morgan fingerprint density at radius 3 is 2.42 bits per heavy atom. The van der Waals surface area contributed by atoms with E-state index in [0.29, 0.717) is 23.7 Å². The van der Waals surface area contributed by atoms with E-state index in [-0.39, 0.29) is 11.4 Å². The first-order chi connectivity index (χ1) is 12.4. The van der Waals surface area contributed by atoms with Gasteiger partial charge in [0.05, 0.1) is 34.9 Å². The maximum absolute atomic E-state index is 12.9. The third kappa shape index (κ3) is 2.72. The molecule has 0 spiro atoms. The SMILES string of the molecule is CC(C)(C)n1nc2c(c1-n1cccc1)CN(C(=O)c1ccccc1Cl)C2. The van der Waals surface area contributed by atoms with Gasteiger partial charge in [-0.05, 0) is 45.0 Å². The van der Waals surface area contributed by atoms with Gasteiger partial charge in [-0.25, -0.2) is 4.68 Å². The van der Waals surface area contributed by atoms with E-state index in [2.05, 4.69) is 30.0 Å². The second-order valence-corrected chi connectivity index (χ2v) is 7.97. The number of fused-ring (bicyclic) bond motifs is 1. The second kappa shape index (κ2) is 6.02. The fourth-order valence-electron chi connectivity index (χ4n) is 3.36. The minimum absolute atomic E-state index is 0.0608. The highest BCUT2D eigenvalue weighted by Gasteiger charge is 2.34. The van der Waals surface area contributed by atoms with Crippen LogP contribution in [0.3, 0.4) is 0 Å². The van der Waals surface area contributed by atoms with Gasteiger partial charge in [0.2, 0.25) is 0 Å². The lowest BCUT2D eigenvalue weighted by molar-refractivity contribution is 0.0748. The van der Waals surface area contributed by atoms with Crippen molar-refractivity contribution in [3.8, 4) is 5.82 Å². The van der Waals surface area contributed by atoms with Crippen molar-refractivity contribution in [2.45, 2.75) is 39.4 Å². The van der Waals surface area contributed by atoms with Crippen molar-refractivity contribution in [2.75, 3.05) is 0 Å². The average Bonchev–Trinajstić information content (AvgIpc) is 3.29. The number of hydrogen-bond donors (Lipinski definition) is 0. The first kappa shape index (κ1) is 16.9. The molecule has 0 radical (unpaired) electrons. The zero-order chi connectivity index (χ0) is 18.5. The molecule has 3 heterocycles. The molecule has 134 valence electrons. The number of hydrogen-bond acceptors (Lipinski definition) is 2. The fourth-order valence-corrected chi connectivity index (χ4v) is 3.58. The van der Waals surface area contributed by atoms with Crippen molar-refractivity contribution in [2.24, 2.45) is 0 Å². The van der Waals surface area contributed by atoms with Crippen LogP contribution in [-0.4, -0.2) is 25.2 Å². The summed E-state index contributed by atoms with van der Waals surface area (Å²) in [4.78, 5) is 14.7. The van der Waals surface area contributed by atoms with Crippen molar-refractivity contribution in [1.29, 1.82) is 0 Å². The minimum atomic E-state index is -0.151. The second-order valence-electron chi connectivity index (χ2n) is 7.56. The van der Waals surface area contributed by atoms with Crippen LogP contribution in [0.15, 0.2) is 48.8 Å². The summed E-state index contributed by atoms with van der Waals surface area (Å²) in [5.41, 5.74) is 2.42. The molecule has 0 unspecified atom stereocenters. The molecule has 1 aromatic carbocycles. The zero-order valence-corrected chi connectivity index (χ0v) is 15.9. The highest BCUT2D eigenvalue weighted by molar-refractivity contribution is 6.33. The van der Waals surface area contributed by atoms with Gasteiger partial charge < -0.3 is 9.47 Å². The highest BCUT2D eigenvalue weighted by atomic mass is 35.5. The number of carbonyl (C=O) groups is 1. The van der Waals surface area contributed by atoms with Crippen LogP contribution in [0, 0.1) is 0 Å². The Balaban J connectivity index is 1.73. The molecule has 0 aliphatic carbocycles. The van der Waals surface area contributed by atoms with Crippen molar-refractivity contribution < 1.29 is 4.79 Å². The van der Waals surface area contributed by atoms with Crippen LogP contribution in [0.2, 0.25) is 5.02 Å². The Morgan fingerprint density at radius 1 is 1.08 bits per heavy atom. The van der Waals surface area contributed by atoms with Gasteiger partial charge in [0.15, 0.2) is 0 Å². The van der Waals surface area contributed by atoms with Gasteiger partial charge in [0, 0.05) is 18.0 Å². The molecule has 3 aromatic rings. The summed E-state index contributed by atoms with van der Waals surface area (Å²) in [6, 6.07) is 11.2. The normalized spacial score (nSPS) is 13.9. The van der Waals surface area contributed by atoms with E-state index < -0.39 is 0 Å². The number of aromatic nitrogens is 3. The van der Waals surface area contributed by atoms with Crippen molar-refractivity contribution >= 4 is 17.5 Å². The molecule has 1 amide bonds. The first-order valence-electron chi connectivity index (χ1n) is 8.64. The standard InChI is InChI=1S/C20H21ClN4O/c1-20(2,3)25-18(23-10-6-7-11-23)15-12-24(13-17(15)22-25)19(26)14-8-4-5-9-16(14)21/h4-11H,12-13H2,1-3H3. The molecule has 26 heavy (non-hydrogen) atoms. The average molecular weight is 369 g/mol. The zero-order valence-electron chi connectivity index (χ0n) is 15.1. The lowest BCUT2D eigenvalue weighted by Gasteiger charge is -2.24. The lowest BCUT2D eigenvalue weighted by atomic mass is 10.1. The molecule has 2 aromatic heterocycles. The van der Waals surface area contributed by atoms with Gasteiger partial charge >= 0.3 is 0 Å². The molecule has 0 N–H and O–H groups in total. The highest BCUT2D eigenvalue weighted by Crippen LogP contribution is 2.33. The van der Waals surface area contributed by atoms with Gasteiger partial charge in [0.1, 0.15) is 5.82 Å².